The minimum Gasteiger partial charge on any atom is -0.394 e. The first kappa shape index (κ1) is 13.6. The number of hydrogen-bond acceptors (Lipinski definition) is 4. The number of nitrogens with one attached hydrogen (secondary N) is 2. The second-order valence-corrected chi connectivity index (χ2v) is 4.36. The molecule has 1 atom stereocenters. The van der Waals surface area contributed by atoms with Gasteiger partial charge in [-0.05, 0) is 12.3 Å². The predicted molar refractivity (Wildman–Crippen MR) is 63.6 cm³/mol. The highest BCUT2D eigenvalue weighted by Crippen LogP contribution is 2.02. The largest absolute Gasteiger partial charge is 0.394 e. The summed E-state index contributed by atoms with van der Waals surface area (Å²) in [6, 6.07) is -0.268. The molecule has 0 unspecified atom stereocenters. The smallest absolute Gasteiger partial charge is 0.291 e. The third-order valence-electron chi connectivity index (χ3n) is 2.54. The third kappa shape index (κ3) is 3.81. The summed E-state index contributed by atoms with van der Waals surface area (Å²) in [6.45, 7) is 5.81. The lowest BCUT2D eigenvalue weighted by Gasteiger charge is -2.18. The number of amides is 1. The van der Waals surface area contributed by atoms with Crippen LogP contribution in [0.5, 0.6) is 0 Å². The molecule has 1 heterocycles. The van der Waals surface area contributed by atoms with Crippen LogP contribution in [-0.4, -0.2) is 38.8 Å². The molecular weight excluding hydrogens is 220 g/mol. The fourth-order valence-electron chi connectivity index (χ4n) is 1.40. The molecule has 0 aliphatic rings. The van der Waals surface area contributed by atoms with Crippen molar-refractivity contribution in [3.63, 3.8) is 0 Å². The first-order chi connectivity index (χ1) is 8.08. The van der Waals surface area contributed by atoms with E-state index in [0.29, 0.717) is 5.82 Å². The van der Waals surface area contributed by atoms with Crippen LogP contribution in [0.2, 0.25) is 0 Å². The molecule has 1 rings (SSSR count). The molecule has 0 aromatic carbocycles. The molecule has 1 aromatic heterocycles. The van der Waals surface area contributed by atoms with E-state index in [1.165, 1.54) is 0 Å². The van der Waals surface area contributed by atoms with Crippen molar-refractivity contribution >= 4 is 5.91 Å². The van der Waals surface area contributed by atoms with E-state index in [2.05, 4.69) is 20.5 Å². The van der Waals surface area contributed by atoms with Crippen molar-refractivity contribution in [1.82, 2.24) is 20.5 Å². The van der Waals surface area contributed by atoms with Crippen molar-refractivity contribution in [2.75, 3.05) is 6.61 Å². The van der Waals surface area contributed by atoms with Gasteiger partial charge in [0.25, 0.3) is 5.91 Å². The van der Waals surface area contributed by atoms with Gasteiger partial charge in [-0.25, -0.2) is 4.98 Å². The molecule has 6 nitrogen and oxygen atoms in total. The van der Waals surface area contributed by atoms with Gasteiger partial charge in [-0.2, -0.15) is 0 Å². The Kier molecular flexibility index (Phi) is 5.09. The molecule has 0 fully saturated rings. The van der Waals surface area contributed by atoms with E-state index in [-0.39, 0.29) is 30.3 Å². The Morgan fingerprint density at radius 1 is 1.53 bits per heavy atom. The Morgan fingerprint density at radius 3 is 2.76 bits per heavy atom. The van der Waals surface area contributed by atoms with Gasteiger partial charge in [-0.15, -0.1) is 5.10 Å². The second kappa shape index (κ2) is 6.34. The number of aromatic nitrogens is 3. The number of hydrogen-bond donors (Lipinski definition) is 3. The molecule has 17 heavy (non-hydrogen) atoms. The van der Waals surface area contributed by atoms with Crippen LogP contribution in [0.3, 0.4) is 0 Å². The summed E-state index contributed by atoms with van der Waals surface area (Å²) in [5.41, 5.74) is 0. The highest BCUT2D eigenvalue weighted by atomic mass is 16.3. The van der Waals surface area contributed by atoms with Crippen molar-refractivity contribution in [3.8, 4) is 0 Å². The topological polar surface area (TPSA) is 90.9 Å². The Morgan fingerprint density at radius 2 is 2.24 bits per heavy atom. The van der Waals surface area contributed by atoms with Crippen LogP contribution in [0.4, 0.5) is 0 Å². The highest BCUT2D eigenvalue weighted by Gasteiger charge is 2.19. The Labute approximate surface area is 101 Å². The summed E-state index contributed by atoms with van der Waals surface area (Å²) in [4.78, 5) is 15.9. The summed E-state index contributed by atoms with van der Waals surface area (Å²) < 4.78 is 0. The molecule has 1 amide bonds. The molecule has 0 bridgehead atoms. The molecule has 0 radical (unpaired) electrons. The average Bonchev–Trinajstić information content (AvgIpc) is 2.74. The maximum Gasteiger partial charge on any atom is 0.291 e. The SMILES string of the molecule is CCCc1nc(C(=O)N[C@H](CO)C(C)C)n[nH]1. The van der Waals surface area contributed by atoms with E-state index < -0.39 is 0 Å². The van der Waals surface area contributed by atoms with Gasteiger partial charge < -0.3 is 10.4 Å². The van der Waals surface area contributed by atoms with E-state index in [9.17, 15) is 4.79 Å². The van der Waals surface area contributed by atoms with Crippen LogP contribution in [0.15, 0.2) is 0 Å². The number of rotatable bonds is 6. The number of aliphatic hydroxyl groups excluding tert-OH is 1. The molecule has 96 valence electrons. The molecule has 6 heteroatoms. The maximum absolute atomic E-state index is 11.8. The zero-order chi connectivity index (χ0) is 12.8. The van der Waals surface area contributed by atoms with Crippen molar-refractivity contribution in [1.29, 1.82) is 0 Å². The van der Waals surface area contributed by atoms with Crippen molar-refractivity contribution in [3.05, 3.63) is 11.6 Å². The normalized spacial score (nSPS) is 12.8. The summed E-state index contributed by atoms with van der Waals surface area (Å²) in [5, 5.41) is 18.4. The van der Waals surface area contributed by atoms with Crippen molar-refractivity contribution in [2.45, 2.75) is 39.7 Å². The van der Waals surface area contributed by atoms with Gasteiger partial charge in [0.2, 0.25) is 5.82 Å². The lowest BCUT2D eigenvalue weighted by Crippen LogP contribution is -2.41. The number of aliphatic hydroxyl groups is 1. The van der Waals surface area contributed by atoms with Crippen LogP contribution in [0.1, 0.15) is 43.6 Å². The number of aryl methyl sites for hydroxylation is 1. The lowest BCUT2D eigenvalue weighted by molar-refractivity contribution is 0.0886. The first-order valence-electron chi connectivity index (χ1n) is 5.91. The van der Waals surface area contributed by atoms with Crippen LogP contribution >= 0.6 is 0 Å². The lowest BCUT2D eigenvalue weighted by atomic mass is 10.1. The van der Waals surface area contributed by atoms with Crippen LogP contribution in [-0.2, 0) is 6.42 Å². The molecule has 1 aromatic rings. The molecule has 3 N–H and O–H groups in total. The predicted octanol–water partition coefficient (Wildman–Crippen LogP) is 0.504. The van der Waals surface area contributed by atoms with Gasteiger partial charge >= 0.3 is 0 Å². The zero-order valence-electron chi connectivity index (χ0n) is 10.5. The molecular formula is C11H20N4O2. The third-order valence-corrected chi connectivity index (χ3v) is 2.54. The second-order valence-electron chi connectivity index (χ2n) is 4.36. The van der Waals surface area contributed by atoms with Gasteiger partial charge in [-0.3, -0.25) is 9.89 Å². The van der Waals surface area contributed by atoms with E-state index >= 15 is 0 Å². The maximum atomic E-state index is 11.8. The van der Waals surface area contributed by atoms with E-state index in [4.69, 9.17) is 5.11 Å². The number of nitrogens with zero attached hydrogens (tertiary/aromatic N) is 2. The zero-order valence-corrected chi connectivity index (χ0v) is 10.5. The standard InChI is InChI=1S/C11H20N4O2/c1-4-5-9-13-10(15-14-9)11(17)12-8(6-16)7(2)3/h7-8,16H,4-6H2,1-3H3,(H,12,17)(H,13,14,15)/t8-/m1/s1. The number of aromatic amines is 1. The quantitative estimate of drug-likeness (QED) is 0.675. The van der Waals surface area contributed by atoms with Gasteiger partial charge in [0.05, 0.1) is 12.6 Å². The van der Waals surface area contributed by atoms with Crippen LogP contribution < -0.4 is 5.32 Å². The van der Waals surface area contributed by atoms with E-state index in [0.717, 1.165) is 12.8 Å². The van der Waals surface area contributed by atoms with Crippen LogP contribution in [0.25, 0.3) is 0 Å². The molecule has 0 saturated heterocycles. The average molecular weight is 240 g/mol. The minimum absolute atomic E-state index is 0.0877. The summed E-state index contributed by atoms with van der Waals surface area (Å²) in [7, 11) is 0. The fraction of sp³-hybridized carbons (Fsp3) is 0.727. The number of H-pyrrole nitrogens is 1. The highest BCUT2D eigenvalue weighted by molar-refractivity contribution is 5.90. The van der Waals surface area contributed by atoms with Gasteiger partial charge in [-0.1, -0.05) is 20.8 Å². The molecule has 0 aliphatic carbocycles. The molecule has 0 spiro atoms. The Bertz CT molecular complexity index is 362. The Hall–Kier alpha value is -1.43. The summed E-state index contributed by atoms with van der Waals surface area (Å²) in [6.07, 6.45) is 1.72. The first-order valence-corrected chi connectivity index (χ1v) is 5.91. The summed E-state index contributed by atoms with van der Waals surface area (Å²) >= 11 is 0. The summed E-state index contributed by atoms with van der Waals surface area (Å²) in [5.74, 6) is 0.657. The molecule has 0 aliphatic heterocycles. The van der Waals surface area contributed by atoms with Crippen LogP contribution in [0, 0.1) is 5.92 Å². The van der Waals surface area contributed by atoms with E-state index in [1.807, 2.05) is 20.8 Å². The van der Waals surface area contributed by atoms with Crippen molar-refractivity contribution in [2.24, 2.45) is 5.92 Å². The van der Waals surface area contributed by atoms with Gasteiger partial charge in [0.15, 0.2) is 0 Å². The molecule has 0 saturated carbocycles. The monoisotopic (exact) mass is 240 g/mol. The van der Waals surface area contributed by atoms with Crippen molar-refractivity contribution < 1.29 is 9.90 Å². The minimum atomic E-state index is -0.351. The van der Waals surface area contributed by atoms with E-state index in [1.54, 1.807) is 0 Å². The fourth-order valence-corrected chi connectivity index (χ4v) is 1.40. The Balaban J connectivity index is 2.62. The number of carbonyl (C=O) groups excluding carboxylic acids is 1. The van der Waals surface area contributed by atoms with Gasteiger partial charge in [0.1, 0.15) is 5.82 Å². The number of carbonyl (C=O) groups is 1. The van der Waals surface area contributed by atoms with Gasteiger partial charge in [0, 0.05) is 6.42 Å².